The van der Waals surface area contributed by atoms with Gasteiger partial charge in [0.1, 0.15) is 11.6 Å². The molecular formula is C26H29N7OS. The molecule has 0 atom stereocenters. The molecule has 3 heterocycles. The monoisotopic (exact) mass is 487 g/mol. The summed E-state index contributed by atoms with van der Waals surface area (Å²) in [6.07, 6.45) is 8.29. The van der Waals surface area contributed by atoms with Crippen LogP contribution in [0.4, 0.5) is 17.5 Å². The summed E-state index contributed by atoms with van der Waals surface area (Å²) < 4.78 is 5.51. The van der Waals surface area contributed by atoms with Crippen LogP contribution in [0.3, 0.4) is 0 Å². The van der Waals surface area contributed by atoms with Gasteiger partial charge >= 0.3 is 0 Å². The number of nitrogens with zero attached hydrogens (tertiary/aromatic N) is 5. The number of ether oxygens (including phenoxy) is 1. The van der Waals surface area contributed by atoms with E-state index >= 15 is 0 Å². The van der Waals surface area contributed by atoms with E-state index in [-0.39, 0.29) is 0 Å². The van der Waals surface area contributed by atoms with E-state index in [0.717, 1.165) is 64.8 Å². The van der Waals surface area contributed by atoms with Crippen molar-refractivity contribution in [1.29, 1.82) is 0 Å². The molecule has 0 radical (unpaired) electrons. The van der Waals surface area contributed by atoms with E-state index in [1.807, 2.05) is 30.7 Å². The largest absolute Gasteiger partial charge is 0.497 e. The molecule has 2 aromatic carbocycles. The highest BCUT2D eigenvalue weighted by Gasteiger charge is 2.21. The number of hydrogen-bond acceptors (Lipinski definition) is 9. The number of anilines is 3. The Balaban J connectivity index is 1.37. The average molecular weight is 488 g/mol. The van der Waals surface area contributed by atoms with Gasteiger partial charge in [-0.25, -0.2) is 19.9 Å². The zero-order valence-electron chi connectivity index (χ0n) is 19.9. The molecule has 35 heavy (non-hydrogen) atoms. The van der Waals surface area contributed by atoms with E-state index in [1.54, 1.807) is 25.1 Å². The van der Waals surface area contributed by atoms with Gasteiger partial charge in [0, 0.05) is 49.0 Å². The predicted octanol–water partition coefficient (Wildman–Crippen LogP) is 4.40. The molecule has 0 amide bonds. The molecule has 9 heteroatoms. The van der Waals surface area contributed by atoms with Crippen molar-refractivity contribution in [2.24, 2.45) is 0 Å². The zero-order valence-corrected chi connectivity index (χ0v) is 20.8. The van der Waals surface area contributed by atoms with Crippen LogP contribution in [0, 0.1) is 0 Å². The quantitative estimate of drug-likeness (QED) is 0.290. The summed E-state index contributed by atoms with van der Waals surface area (Å²) >= 11 is 1.57. The van der Waals surface area contributed by atoms with Crippen LogP contribution in [0.2, 0.25) is 0 Å². The van der Waals surface area contributed by atoms with Crippen LogP contribution in [0.1, 0.15) is 24.1 Å². The van der Waals surface area contributed by atoms with E-state index in [4.69, 9.17) is 10.5 Å². The number of nitrogens with one attached hydrogen (secondary N) is 1. The molecule has 3 N–H and O–H groups in total. The summed E-state index contributed by atoms with van der Waals surface area (Å²) in [5, 5.41) is 6.96. The van der Waals surface area contributed by atoms with E-state index in [9.17, 15) is 0 Å². The number of aromatic nitrogens is 4. The molecule has 180 valence electrons. The number of thioether (sulfide) groups is 1. The van der Waals surface area contributed by atoms with Crippen molar-refractivity contribution in [2.45, 2.75) is 30.5 Å². The van der Waals surface area contributed by atoms with E-state index in [0.29, 0.717) is 18.4 Å². The van der Waals surface area contributed by atoms with Crippen molar-refractivity contribution >= 4 is 40.0 Å². The lowest BCUT2D eigenvalue weighted by Gasteiger charge is -2.34. The first-order chi connectivity index (χ1) is 17.1. The third-order valence-corrected chi connectivity index (χ3v) is 6.88. The molecular weight excluding hydrogens is 458 g/mol. The summed E-state index contributed by atoms with van der Waals surface area (Å²) in [4.78, 5) is 19.7. The maximum absolute atomic E-state index is 5.80. The third kappa shape index (κ3) is 5.40. The first kappa shape index (κ1) is 23.2. The average Bonchev–Trinajstić information content (AvgIpc) is 2.89. The molecule has 1 saturated heterocycles. The summed E-state index contributed by atoms with van der Waals surface area (Å²) in [5.74, 6) is 2.15. The van der Waals surface area contributed by atoms with Crippen LogP contribution in [-0.4, -0.2) is 52.4 Å². The summed E-state index contributed by atoms with van der Waals surface area (Å²) in [6.45, 7) is 1.90. The van der Waals surface area contributed by atoms with Crippen LogP contribution in [0.5, 0.6) is 5.75 Å². The molecule has 2 aromatic heterocycles. The fourth-order valence-corrected chi connectivity index (χ4v) is 4.90. The smallest absolute Gasteiger partial charge is 0.220 e. The number of nitrogens with two attached hydrogens (primary N) is 1. The lowest BCUT2D eigenvalue weighted by atomic mass is 9.99. The number of hydrogen-bond donors (Lipinski definition) is 2. The molecule has 5 rings (SSSR count). The van der Waals surface area contributed by atoms with Crippen molar-refractivity contribution < 1.29 is 4.74 Å². The standard InChI is InChI=1S/C26H29N7OS/c1-34-21-4-3-18-13-17(14-20-5-9-28-25(27)31-20)15-23(22(18)16-21)30-19-7-11-33(12-8-19)24-6-10-29-26(32-24)35-2/h3-6,9-10,13,15-16,19,30H,7-8,11-12,14H2,1-2H3,(H2,27,28,31). The van der Waals surface area contributed by atoms with Gasteiger partial charge < -0.3 is 20.7 Å². The van der Waals surface area contributed by atoms with Crippen LogP contribution in [-0.2, 0) is 6.42 Å². The normalized spacial score (nSPS) is 14.3. The van der Waals surface area contributed by atoms with Gasteiger partial charge in [0.05, 0.1) is 12.8 Å². The highest BCUT2D eigenvalue weighted by atomic mass is 32.2. The third-order valence-electron chi connectivity index (χ3n) is 6.32. The number of nitrogen functional groups attached to an aromatic ring is 1. The Morgan fingerprint density at radius 1 is 1.06 bits per heavy atom. The topological polar surface area (TPSA) is 102 Å². The maximum Gasteiger partial charge on any atom is 0.220 e. The lowest BCUT2D eigenvalue weighted by molar-refractivity contribution is 0.415. The van der Waals surface area contributed by atoms with E-state index in [2.05, 4.69) is 54.4 Å². The van der Waals surface area contributed by atoms with Crippen molar-refractivity contribution in [3.63, 3.8) is 0 Å². The molecule has 0 spiro atoms. The van der Waals surface area contributed by atoms with Gasteiger partial charge in [-0.05, 0) is 60.4 Å². The van der Waals surface area contributed by atoms with Gasteiger partial charge in [0.25, 0.3) is 0 Å². The highest BCUT2D eigenvalue weighted by molar-refractivity contribution is 7.98. The van der Waals surface area contributed by atoms with Gasteiger partial charge in [-0.15, -0.1) is 0 Å². The minimum absolute atomic E-state index is 0.298. The number of methoxy groups -OCH3 is 1. The summed E-state index contributed by atoms with van der Waals surface area (Å²) in [7, 11) is 1.70. The number of benzene rings is 2. The molecule has 0 bridgehead atoms. The van der Waals surface area contributed by atoms with Crippen LogP contribution in [0.15, 0.2) is 60.0 Å². The summed E-state index contributed by atoms with van der Waals surface area (Å²) in [6, 6.07) is 14.9. The highest BCUT2D eigenvalue weighted by Crippen LogP contribution is 2.32. The van der Waals surface area contributed by atoms with Gasteiger partial charge in [-0.3, -0.25) is 0 Å². The molecule has 4 aromatic rings. The first-order valence-electron chi connectivity index (χ1n) is 11.7. The van der Waals surface area contributed by atoms with Gasteiger partial charge in [0.2, 0.25) is 5.95 Å². The second-order valence-corrected chi connectivity index (χ2v) is 9.39. The Kier molecular flexibility index (Phi) is 6.85. The fourth-order valence-electron chi connectivity index (χ4n) is 4.55. The Bertz CT molecular complexity index is 1320. The maximum atomic E-state index is 5.80. The van der Waals surface area contributed by atoms with Crippen molar-refractivity contribution in [3.8, 4) is 5.75 Å². The van der Waals surface area contributed by atoms with Crippen molar-refractivity contribution in [2.75, 3.05) is 42.4 Å². The Morgan fingerprint density at radius 2 is 1.89 bits per heavy atom. The minimum atomic E-state index is 0.298. The van der Waals surface area contributed by atoms with Gasteiger partial charge in [0.15, 0.2) is 5.16 Å². The first-order valence-corrected chi connectivity index (χ1v) is 12.9. The molecule has 1 aliphatic rings. The van der Waals surface area contributed by atoms with Crippen molar-refractivity contribution in [1.82, 2.24) is 19.9 Å². The predicted molar refractivity (Wildman–Crippen MR) is 142 cm³/mol. The minimum Gasteiger partial charge on any atom is -0.497 e. The lowest BCUT2D eigenvalue weighted by Crippen LogP contribution is -2.39. The zero-order chi connectivity index (χ0) is 24.2. The van der Waals surface area contributed by atoms with Crippen LogP contribution < -0.4 is 20.7 Å². The van der Waals surface area contributed by atoms with Gasteiger partial charge in [-0.2, -0.15) is 0 Å². The Hall–Kier alpha value is -3.59. The van der Waals surface area contributed by atoms with Gasteiger partial charge in [-0.1, -0.05) is 23.9 Å². The van der Waals surface area contributed by atoms with Crippen LogP contribution >= 0.6 is 11.8 Å². The Labute approximate surface area is 209 Å². The molecule has 0 unspecified atom stereocenters. The SMILES string of the molecule is COc1ccc2cc(Cc3ccnc(N)n3)cc(NC3CCN(c4ccnc(SC)n4)CC3)c2c1. The molecule has 1 aliphatic heterocycles. The number of piperidine rings is 1. The van der Waals surface area contributed by atoms with E-state index < -0.39 is 0 Å². The molecule has 0 aliphatic carbocycles. The summed E-state index contributed by atoms with van der Waals surface area (Å²) in [5.41, 5.74) is 8.99. The van der Waals surface area contributed by atoms with Crippen molar-refractivity contribution in [3.05, 3.63) is 66.1 Å². The Morgan fingerprint density at radius 3 is 2.66 bits per heavy atom. The van der Waals surface area contributed by atoms with E-state index in [1.165, 1.54) is 5.56 Å². The molecule has 8 nitrogen and oxygen atoms in total. The fraction of sp³-hybridized carbons (Fsp3) is 0.308. The number of rotatable bonds is 7. The molecule has 0 saturated carbocycles. The van der Waals surface area contributed by atoms with Crippen LogP contribution in [0.25, 0.3) is 10.8 Å². The molecule has 1 fully saturated rings. The number of fused-ring (bicyclic) bond motifs is 1. The second kappa shape index (κ2) is 10.4. The second-order valence-electron chi connectivity index (χ2n) is 8.62.